The standard InChI is InChI=1S/C20H23N3O.C2H2O4/c1-14-9-10-16(11-15(14)2)18-13-22-20(23(18)3)21-12-17-7-5-6-8-19(17)24-4;3-1(4)2(5)6/h5-11,13H,12H2,1-4H3,(H,21,22);(H,3,4)(H,5,6). The maximum Gasteiger partial charge on any atom is 0.414 e. The number of rotatable bonds is 5. The zero-order valence-corrected chi connectivity index (χ0v) is 17.3. The molecule has 0 aliphatic rings. The summed E-state index contributed by atoms with van der Waals surface area (Å²) in [6.45, 7) is 4.93. The van der Waals surface area contributed by atoms with Gasteiger partial charge >= 0.3 is 11.9 Å². The molecule has 0 atom stereocenters. The van der Waals surface area contributed by atoms with E-state index in [-0.39, 0.29) is 0 Å². The predicted octanol–water partition coefficient (Wildman–Crippen LogP) is 3.48. The average molecular weight is 411 g/mol. The maximum absolute atomic E-state index is 9.10. The Bertz CT molecular complexity index is 1030. The van der Waals surface area contributed by atoms with E-state index in [1.807, 2.05) is 31.4 Å². The number of carboxylic acids is 2. The van der Waals surface area contributed by atoms with E-state index in [2.05, 4.69) is 53.0 Å². The number of ether oxygens (including phenoxy) is 1. The summed E-state index contributed by atoms with van der Waals surface area (Å²) in [7, 11) is 3.72. The van der Waals surface area contributed by atoms with Crippen LogP contribution in [0.2, 0.25) is 0 Å². The third kappa shape index (κ3) is 5.60. The molecular weight excluding hydrogens is 386 g/mol. The summed E-state index contributed by atoms with van der Waals surface area (Å²) in [5.41, 5.74) is 5.97. The number of hydrogen-bond acceptors (Lipinski definition) is 5. The van der Waals surface area contributed by atoms with Crippen LogP contribution in [0, 0.1) is 13.8 Å². The minimum absolute atomic E-state index is 0.668. The number of nitrogens with one attached hydrogen (secondary N) is 1. The lowest BCUT2D eigenvalue weighted by molar-refractivity contribution is -0.159. The van der Waals surface area contributed by atoms with Gasteiger partial charge in [-0.15, -0.1) is 0 Å². The number of nitrogens with zero attached hydrogens (tertiary/aromatic N) is 2. The fourth-order valence-electron chi connectivity index (χ4n) is 2.77. The lowest BCUT2D eigenvalue weighted by atomic mass is 10.0. The minimum Gasteiger partial charge on any atom is -0.496 e. The van der Waals surface area contributed by atoms with Crippen LogP contribution in [-0.2, 0) is 23.2 Å². The van der Waals surface area contributed by atoms with Gasteiger partial charge in [-0.25, -0.2) is 14.6 Å². The molecule has 3 rings (SSSR count). The molecule has 30 heavy (non-hydrogen) atoms. The average Bonchev–Trinajstić information content (AvgIpc) is 3.09. The fraction of sp³-hybridized carbons (Fsp3) is 0.227. The molecule has 158 valence electrons. The smallest absolute Gasteiger partial charge is 0.414 e. The number of methoxy groups -OCH3 is 1. The number of aryl methyl sites for hydroxylation is 2. The van der Waals surface area contributed by atoms with Crippen molar-refractivity contribution in [3.8, 4) is 17.0 Å². The highest BCUT2D eigenvalue weighted by atomic mass is 16.5. The van der Waals surface area contributed by atoms with Crippen LogP contribution < -0.4 is 10.1 Å². The van der Waals surface area contributed by atoms with Gasteiger partial charge in [0.15, 0.2) is 0 Å². The van der Waals surface area contributed by atoms with Crippen LogP contribution in [0.25, 0.3) is 11.3 Å². The lowest BCUT2D eigenvalue weighted by Gasteiger charge is -2.11. The first kappa shape index (κ1) is 22.5. The molecule has 0 unspecified atom stereocenters. The molecule has 0 fully saturated rings. The van der Waals surface area contributed by atoms with Gasteiger partial charge in [-0.05, 0) is 37.1 Å². The fourth-order valence-corrected chi connectivity index (χ4v) is 2.77. The van der Waals surface area contributed by atoms with Crippen LogP contribution in [0.15, 0.2) is 48.7 Å². The molecule has 1 heterocycles. The van der Waals surface area contributed by atoms with Crippen LogP contribution >= 0.6 is 0 Å². The molecule has 1 aromatic heterocycles. The highest BCUT2D eigenvalue weighted by Gasteiger charge is 2.10. The van der Waals surface area contributed by atoms with Crippen molar-refractivity contribution in [1.82, 2.24) is 9.55 Å². The molecule has 0 saturated heterocycles. The first-order valence-electron chi connectivity index (χ1n) is 9.16. The Morgan fingerprint density at radius 1 is 1.07 bits per heavy atom. The summed E-state index contributed by atoms with van der Waals surface area (Å²) in [5.74, 6) is -1.92. The Morgan fingerprint density at radius 2 is 1.73 bits per heavy atom. The van der Waals surface area contributed by atoms with Crippen LogP contribution in [0.4, 0.5) is 5.95 Å². The Hall–Kier alpha value is -3.81. The molecule has 3 N–H and O–H groups in total. The molecule has 2 aromatic carbocycles. The van der Waals surface area contributed by atoms with Gasteiger partial charge in [-0.3, -0.25) is 0 Å². The molecule has 0 radical (unpaired) electrons. The second kappa shape index (κ2) is 10.1. The summed E-state index contributed by atoms with van der Waals surface area (Å²) in [4.78, 5) is 22.7. The SMILES string of the molecule is COc1ccccc1CNc1ncc(-c2ccc(C)c(C)c2)n1C.O=C(O)C(=O)O. The topological polar surface area (TPSA) is 114 Å². The Balaban J connectivity index is 0.000000469. The van der Waals surface area contributed by atoms with Crippen molar-refractivity contribution in [2.24, 2.45) is 7.05 Å². The molecule has 0 bridgehead atoms. The second-order valence-corrected chi connectivity index (χ2v) is 6.60. The number of aromatic nitrogens is 2. The van der Waals surface area contributed by atoms with Crippen molar-refractivity contribution in [1.29, 1.82) is 0 Å². The Kier molecular flexibility index (Phi) is 7.57. The number of anilines is 1. The third-order valence-electron chi connectivity index (χ3n) is 4.60. The quantitative estimate of drug-likeness (QED) is 0.551. The number of aliphatic carboxylic acids is 2. The van der Waals surface area contributed by atoms with Crippen LogP contribution in [0.3, 0.4) is 0 Å². The number of hydrogen-bond donors (Lipinski definition) is 3. The molecule has 0 aliphatic heterocycles. The number of imidazole rings is 1. The van der Waals surface area contributed by atoms with Crippen molar-refractivity contribution in [3.05, 3.63) is 65.4 Å². The zero-order valence-electron chi connectivity index (χ0n) is 17.3. The summed E-state index contributed by atoms with van der Waals surface area (Å²) in [6.07, 6.45) is 1.91. The van der Waals surface area contributed by atoms with Crippen LogP contribution in [0.1, 0.15) is 16.7 Å². The van der Waals surface area contributed by atoms with Crippen LogP contribution in [-0.4, -0.2) is 38.8 Å². The van der Waals surface area contributed by atoms with E-state index in [1.54, 1.807) is 7.11 Å². The van der Waals surface area contributed by atoms with Gasteiger partial charge in [0.25, 0.3) is 0 Å². The first-order valence-corrected chi connectivity index (χ1v) is 9.16. The van der Waals surface area contributed by atoms with Gasteiger partial charge in [0.1, 0.15) is 5.75 Å². The summed E-state index contributed by atoms with van der Waals surface area (Å²) in [6, 6.07) is 14.5. The van der Waals surface area contributed by atoms with Crippen molar-refractivity contribution in [2.45, 2.75) is 20.4 Å². The first-order chi connectivity index (χ1) is 14.2. The molecule has 3 aromatic rings. The van der Waals surface area contributed by atoms with E-state index in [0.717, 1.165) is 23.0 Å². The highest BCUT2D eigenvalue weighted by molar-refractivity contribution is 6.27. The third-order valence-corrected chi connectivity index (χ3v) is 4.60. The maximum atomic E-state index is 9.10. The van der Waals surface area contributed by atoms with Gasteiger partial charge in [0.05, 0.1) is 19.0 Å². The van der Waals surface area contributed by atoms with E-state index in [1.165, 1.54) is 16.7 Å². The normalized spacial score (nSPS) is 10.0. The van der Waals surface area contributed by atoms with E-state index in [9.17, 15) is 0 Å². The van der Waals surface area contributed by atoms with Gasteiger partial charge in [-0.2, -0.15) is 0 Å². The molecule has 8 heteroatoms. The highest BCUT2D eigenvalue weighted by Crippen LogP contribution is 2.25. The number of carboxylic acid groups (broad SMARTS) is 2. The van der Waals surface area contributed by atoms with E-state index in [0.29, 0.717) is 6.54 Å². The monoisotopic (exact) mass is 411 g/mol. The summed E-state index contributed by atoms with van der Waals surface area (Å²) >= 11 is 0. The van der Waals surface area contributed by atoms with Crippen molar-refractivity contribution in [2.75, 3.05) is 12.4 Å². The van der Waals surface area contributed by atoms with Gasteiger partial charge < -0.3 is 24.8 Å². The largest absolute Gasteiger partial charge is 0.496 e. The summed E-state index contributed by atoms with van der Waals surface area (Å²) in [5, 5.41) is 18.2. The Labute approximate surface area is 174 Å². The van der Waals surface area contributed by atoms with Crippen LogP contribution in [0.5, 0.6) is 5.75 Å². The second-order valence-electron chi connectivity index (χ2n) is 6.60. The molecule has 8 nitrogen and oxygen atoms in total. The molecule has 0 saturated carbocycles. The Morgan fingerprint density at radius 3 is 2.33 bits per heavy atom. The van der Waals surface area contributed by atoms with Crippen molar-refractivity contribution < 1.29 is 24.5 Å². The molecule has 0 aliphatic carbocycles. The van der Waals surface area contributed by atoms with Crippen molar-refractivity contribution >= 4 is 17.9 Å². The number of para-hydroxylation sites is 1. The summed E-state index contributed by atoms with van der Waals surface area (Å²) < 4.78 is 7.48. The number of carbonyl (C=O) groups is 2. The zero-order chi connectivity index (χ0) is 22.3. The van der Waals surface area contributed by atoms with E-state index in [4.69, 9.17) is 24.5 Å². The predicted molar refractivity (Wildman–Crippen MR) is 114 cm³/mol. The van der Waals surface area contributed by atoms with Crippen molar-refractivity contribution in [3.63, 3.8) is 0 Å². The van der Waals surface area contributed by atoms with Gasteiger partial charge in [0, 0.05) is 24.7 Å². The van der Waals surface area contributed by atoms with E-state index >= 15 is 0 Å². The number of benzene rings is 2. The molecule has 0 spiro atoms. The minimum atomic E-state index is -1.82. The molecule has 0 amide bonds. The van der Waals surface area contributed by atoms with Gasteiger partial charge in [0.2, 0.25) is 5.95 Å². The molecular formula is C22H25N3O5. The van der Waals surface area contributed by atoms with Gasteiger partial charge in [-0.1, -0.05) is 30.3 Å². The lowest BCUT2D eigenvalue weighted by Crippen LogP contribution is -2.09. The van der Waals surface area contributed by atoms with E-state index < -0.39 is 11.9 Å².